The van der Waals surface area contributed by atoms with Crippen molar-refractivity contribution in [3.8, 4) is 33.4 Å². The number of nitrogens with one attached hydrogen (secondary N) is 6. The molecule has 0 atom stereocenters. The fraction of sp³-hybridized carbons (Fsp3) is 0.114. The van der Waals surface area contributed by atoms with Crippen LogP contribution in [0.4, 0.5) is 52.5 Å². The number of H-pyrrole nitrogens is 2. The Morgan fingerprint density at radius 3 is 1.51 bits per heavy atom. The van der Waals surface area contributed by atoms with Crippen molar-refractivity contribution in [2.75, 3.05) is 90.0 Å². The van der Waals surface area contributed by atoms with Gasteiger partial charge in [0, 0.05) is 123 Å². The molecule has 12 N–H and O–H groups in total. The molecule has 2 aliphatic heterocycles. The summed E-state index contributed by atoms with van der Waals surface area (Å²) in [7, 11) is 0. The molecule has 16 aromatic rings. The number of benzene rings is 7. The predicted molar refractivity (Wildman–Crippen MR) is 387 cm³/mol. The molecule has 0 radical (unpaired) electrons. The molecule has 30 heteroatoms. The van der Waals surface area contributed by atoms with Gasteiger partial charge in [-0.05, 0) is 160 Å². The van der Waals surface area contributed by atoms with E-state index in [1.807, 2.05) is 134 Å². The van der Waals surface area contributed by atoms with Crippen molar-refractivity contribution in [1.29, 1.82) is 0 Å². The number of rotatable bonds is 9. The van der Waals surface area contributed by atoms with Crippen LogP contribution in [0.5, 0.6) is 0 Å². The van der Waals surface area contributed by atoms with Gasteiger partial charge >= 0.3 is 0 Å². The van der Waals surface area contributed by atoms with Crippen molar-refractivity contribution in [3.05, 3.63) is 218 Å². The summed E-state index contributed by atoms with van der Waals surface area (Å²) in [5, 5.41) is 68.3. The summed E-state index contributed by atoms with van der Waals surface area (Å²) in [6.07, 6.45) is 10.7. The van der Waals surface area contributed by atoms with Gasteiger partial charge in [-0.25, -0.2) is 29.9 Å². The molecule has 494 valence electrons. The molecule has 9 aromatic heterocycles. The van der Waals surface area contributed by atoms with Crippen LogP contribution in [-0.4, -0.2) is 148 Å². The molecule has 11 heterocycles. The SMILES string of the molecule is Nc1nnc2cc(-c3ccnc4[nH]ccc34)ccc2n1.Nc1nnc2cc(-c3ccncc3)ccc2n1.Nc1nnc2cc(-c3cn[nH]c3)ccc2n1.[O-][n+]1nc(Nc2ccc(N3CCNCC3)cc2)nc2ccccc21.c1ccc2nc(Nc3ccc(N4CCNCC4)cc3)nnc2c1. The van der Waals surface area contributed by atoms with E-state index in [9.17, 15) is 5.21 Å². The minimum atomic E-state index is 0.183. The molecule has 0 amide bonds. The molecule has 0 aliphatic carbocycles. The Balaban J connectivity index is 0.000000107. The van der Waals surface area contributed by atoms with Crippen LogP contribution in [0.1, 0.15) is 0 Å². The minimum absolute atomic E-state index is 0.183. The number of hydrogen-bond donors (Lipinski definition) is 9. The Morgan fingerprint density at radius 1 is 0.430 bits per heavy atom. The summed E-state index contributed by atoms with van der Waals surface area (Å²) in [5.41, 5.74) is 35.0. The summed E-state index contributed by atoms with van der Waals surface area (Å²) in [4.78, 5) is 37.9. The van der Waals surface area contributed by atoms with Crippen LogP contribution in [-0.2, 0) is 0 Å². The molecule has 0 spiro atoms. The minimum Gasteiger partial charge on any atom is -0.594 e. The molecule has 0 unspecified atom stereocenters. The van der Waals surface area contributed by atoms with Crippen molar-refractivity contribution in [2.45, 2.75) is 0 Å². The summed E-state index contributed by atoms with van der Waals surface area (Å²) in [5.74, 6) is 1.36. The van der Waals surface area contributed by atoms with Crippen molar-refractivity contribution in [1.82, 2.24) is 107 Å². The molecule has 2 fully saturated rings. The number of piperazine rings is 2. The molecule has 100 heavy (non-hydrogen) atoms. The Kier molecular flexibility index (Phi) is 19.0. The highest BCUT2D eigenvalue weighted by Gasteiger charge is 2.15. The van der Waals surface area contributed by atoms with Crippen molar-refractivity contribution in [3.63, 3.8) is 0 Å². The third kappa shape index (κ3) is 15.5. The second-order valence-electron chi connectivity index (χ2n) is 22.7. The number of nitrogen functional groups attached to an aromatic ring is 3. The van der Waals surface area contributed by atoms with Gasteiger partial charge in [0.2, 0.25) is 23.8 Å². The van der Waals surface area contributed by atoms with E-state index in [0.29, 0.717) is 33.3 Å². The normalized spacial score (nSPS) is 12.7. The maximum atomic E-state index is 12.0. The lowest BCUT2D eigenvalue weighted by atomic mass is 10.0. The van der Waals surface area contributed by atoms with Crippen LogP contribution in [0.2, 0.25) is 0 Å². The topological polar surface area (TPSA) is 410 Å². The van der Waals surface area contributed by atoms with Gasteiger partial charge in [-0.15, -0.1) is 40.8 Å². The highest BCUT2D eigenvalue weighted by Crippen LogP contribution is 2.30. The van der Waals surface area contributed by atoms with Crippen LogP contribution in [0.25, 0.3) is 99.6 Å². The number of hydrogen-bond acceptors (Lipinski definition) is 27. The zero-order valence-corrected chi connectivity index (χ0v) is 53.4. The number of aromatic amines is 2. The first-order chi connectivity index (χ1) is 49.1. The fourth-order valence-corrected chi connectivity index (χ4v) is 11.1. The standard InChI is InChI=1S/C17H18N6O.C17H18N6.C14H10N6.C12H9N5.C10H8N6/c24-23-16-4-2-1-3-15(16)20-17(21-23)19-13-5-7-14(8-6-13)22-11-9-18-10-12-22;1-2-4-16-15(3-1)20-17(22-21-16)19-13-5-7-14(8-6-13)23-11-9-18-10-12-23;15-14-18-11-2-1-8(7-12(11)19-20-14)9-3-5-16-13-10(9)4-6-17-13;13-12-15-10-2-1-9(7-11(10)16-17-12)8-3-5-14-6-4-8;11-10-14-8-2-1-6(3-9(8)15-16-10)7-4-12-13-5-7/h1-8,18H,9-12H2,(H,19,20,21);1-8,18H,9-12H2,(H,19,20,22);1-7H,(H,16,17)(H2,15,18,20);1-7H,(H2,13,15,17);1-5H,(H,12,13)(H2,11,14,16). The van der Waals surface area contributed by atoms with Gasteiger partial charge < -0.3 is 58.5 Å². The lowest BCUT2D eigenvalue weighted by Crippen LogP contribution is -2.43. The molecule has 7 aromatic carbocycles. The van der Waals surface area contributed by atoms with Gasteiger partial charge in [-0.3, -0.25) is 10.1 Å². The summed E-state index contributed by atoms with van der Waals surface area (Å²) in [6, 6.07) is 56.5. The van der Waals surface area contributed by atoms with E-state index in [1.165, 1.54) is 11.4 Å². The van der Waals surface area contributed by atoms with E-state index < -0.39 is 0 Å². The van der Waals surface area contributed by atoms with Crippen LogP contribution < -0.4 is 53.1 Å². The van der Waals surface area contributed by atoms with E-state index in [4.69, 9.17) is 17.2 Å². The number of para-hydroxylation sites is 3. The monoisotopic (exact) mass is 1330 g/mol. The lowest BCUT2D eigenvalue weighted by Gasteiger charge is -2.29. The van der Waals surface area contributed by atoms with E-state index in [1.54, 1.807) is 43.0 Å². The zero-order valence-electron chi connectivity index (χ0n) is 53.4. The van der Waals surface area contributed by atoms with Crippen molar-refractivity contribution in [2.24, 2.45) is 0 Å². The number of aromatic nitrogens is 20. The number of pyridine rings is 2. The predicted octanol–water partition coefficient (Wildman–Crippen LogP) is 8.41. The van der Waals surface area contributed by atoms with Crippen molar-refractivity contribution < 1.29 is 4.85 Å². The van der Waals surface area contributed by atoms with Gasteiger partial charge in [0.05, 0.1) is 33.4 Å². The molecule has 2 saturated heterocycles. The average Bonchev–Trinajstić information content (AvgIpc) is 0.942. The van der Waals surface area contributed by atoms with Crippen molar-refractivity contribution >= 4 is 119 Å². The molecule has 18 rings (SSSR count). The third-order valence-electron chi connectivity index (χ3n) is 16.1. The third-order valence-corrected chi connectivity index (χ3v) is 16.1. The Morgan fingerprint density at radius 2 is 0.930 bits per heavy atom. The maximum absolute atomic E-state index is 12.0. The van der Waals surface area contributed by atoms with E-state index >= 15 is 0 Å². The summed E-state index contributed by atoms with van der Waals surface area (Å²) in [6.45, 7) is 8.21. The Labute approximate surface area is 569 Å². The first-order valence-electron chi connectivity index (χ1n) is 31.8. The number of nitrogens with zero attached hydrogens (tertiary/aromatic N) is 20. The van der Waals surface area contributed by atoms with Crippen LogP contribution in [0.15, 0.2) is 213 Å². The second-order valence-corrected chi connectivity index (χ2v) is 22.7. The fourth-order valence-electron chi connectivity index (χ4n) is 11.1. The van der Waals surface area contributed by atoms with Gasteiger partial charge in [-0.2, -0.15) is 5.10 Å². The van der Waals surface area contributed by atoms with E-state index in [0.717, 1.165) is 147 Å². The molecule has 0 bridgehead atoms. The molecule has 30 nitrogen and oxygen atoms in total. The average molecular weight is 1330 g/mol. The highest BCUT2D eigenvalue weighted by atomic mass is 16.5. The van der Waals surface area contributed by atoms with Gasteiger partial charge in [0.1, 0.15) is 33.2 Å². The number of fused-ring (bicyclic) bond motifs is 6. The maximum Gasteiger partial charge on any atom is 0.295 e. The zero-order chi connectivity index (χ0) is 68.0. The molecular weight excluding hydrogens is 1260 g/mol. The quantitative estimate of drug-likeness (QED) is 0.0483. The van der Waals surface area contributed by atoms with Crippen LogP contribution in [0, 0.1) is 5.21 Å². The van der Waals surface area contributed by atoms with Crippen LogP contribution in [0.3, 0.4) is 0 Å². The smallest absolute Gasteiger partial charge is 0.295 e. The summed E-state index contributed by atoms with van der Waals surface area (Å²) < 4.78 is 0. The first kappa shape index (κ1) is 63.6. The van der Waals surface area contributed by atoms with E-state index in [-0.39, 0.29) is 17.8 Å². The Bertz CT molecular complexity index is 5430. The molecule has 2 aliphatic rings. The Hall–Kier alpha value is -13.7. The summed E-state index contributed by atoms with van der Waals surface area (Å²) >= 11 is 0. The van der Waals surface area contributed by atoms with Crippen LogP contribution >= 0.6 is 0 Å². The van der Waals surface area contributed by atoms with E-state index in [2.05, 4.69) is 163 Å². The molecule has 0 saturated carbocycles. The molecular formula is C70H63N29O. The second kappa shape index (κ2) is 29.9. The first-order valence-corrected chi connectivity index (χ1v) is 31.8. The lowest BCUT2D eigenvalue weighted by molar-refractivity contribution is -0.641. The van der Waals surface area contributed by atoms with Gasteiger partial charge in [0.25, 0.3) is 11.5 Å². The highest BCUT2D eigenvalue weighted by molar-refractivity contribution is 5.95. The van der Waals surface area contributed by atoms with Gasteiger partial charge in [0.15, 0.2) is 0 Å². The number of nitrogens with two attached hydrogens (primary N) is 3. The van der Waals surface area contributed by atoms with Gasteiger partial charge in [-0.1, -0.05) is 42.5 Å². The number of anilines is 9. The largest absolute Gasteiger partial charge is 0.594 e.